The van der Waals surface area contributed by atoms with Gasteiger partial charge in [-0.25, -0.2) is 0 Å². The number of aliphatic hydroxyl groups excluding tert-OH is 1. The van der Waals surface area contributed by atoms with E-state index in [9.17, 15) is 5.11 Å². The van der Waals surface area contributed by atoms with Crippen LogP contribution in [0.25, 0.3) is 0 Å². The molecule has 1 heteroatoms. The zero-order chi connectivity index (χ0) is 16.4. The van der Waals surface area contributed by atoms with Crippen LogP contribution in [0.2, 0.25) is 0 Å². The summed E-state index contributed by atoms with van der Waals surface area (Å²) in [5, 5.41) is 9.29. The zero-order valence-corrected chi connectivity index (χ0v) is 14.4. The highest BCUT2D eigenvalue weighted by atomic mass is 16.3. The van der Waals surface area contributed by atoms with Gasteiger partial charge in [0.15, 0.2) is 0 Å². The first-order chi connectivity index (χ1) is 9.81. The lowest BCUT2D eigenvalue weighted by Gasteiger charge is -2.15. The Kier molecular flexibility index (Phi) is 9.20. The van der Waals surface area contributed by atoms with Crippen LogP contribution in [0.4, 0.5) is 0 Å². The molecule has 0 aliphatic heterocycles. The van der Waals surface area contributed by atoms with Crippen LogP contribution >= 0.6 is 0 Å². The summed E-state index contributed by atoms with van der Waals surface area (Å²) in [6, 6.07) is 10.7. The van der Waals surface area contributed by atoms with Crippen molar-refractivity contribution in [3.8, 4) is 0 Å². The highest BCUT2D eigenvalue weighted by Gasteiger charge is 2.07. The number of allylic oxidation sites excluding steroid dienone is 4. The van der Waals surface area contributed by atoms with Crippen LogP contribution in [0.3, 0.4) is 0 Å². The van der Waals surface area contributed by atoms with E-state index in [2.05, 4.69) is 57.7 Å². The minimum absolute atomic E-state index is 0.361. The first kappa shape index (κ1) is 19.2. The molecule has 0 bridgehead atoms. The maximum atomic E-state index is 9.29. The predicted molar refractivity (Wildman–Crippen MR) is 94.7 cm³/mol. The van der Waals surface area contributed by atoms with Crippen molar-refractivity contribution in [3.05, 3.63) is 71.5 Å². The van der Waals surface area contributed by atoms with Crippen LogP contribution < -0.4 is 0 Å². The molecule has 1 aromatic carbocycles. The van der Waals surface area contributed by atoms with Gasteiger partial charge < -0.3 is 5.11 Å². The molecule has 0 spiro atoms. The number of hydrogen-bond acceptors (Lipinski definition) is 1. The number of rotatable bonds is 4. The monoisotopic (exact) mass is 286 g/mol. The molecular weight excluding hydrogens is 256 g/mol. The van der Waals surface area contributed by atoms with E-state index in [1.54, 1.807) is 12.2 Å². The Morgan fingerprint density at radius 2 is 1.57 bits per heavy atom. The summed E-state index contributed by atoms with van der Waals surface area (Å²) in [4.78, 5) is 0. The maximum absolute atomic E-state index is 9.29. The van der Waals surface area contributed by atoms with Gasteiger partial charge in [-0.2, -0.15) is 0 Å². The third-order valence-corrected chi connectivity index (χ3v) is 3.54. The maximum Gasteiger partial charge on any atom is 0.117 e. The Labute approximate surface area is 130 Å². The lowest BCUT2D eigenvalue weighted by atomic mass is 9.91. The summed E-state index contributed by atoms with van der Waals surface area (Å²) in [5.74, 6) is 1.77. The van der Waals surface area contributed by atoms with Crippen molar-refractivity contribution in [2.75, 3.05) is 0 Å². The Balaban J connectivity index is 0.000000384. The van der Waals surface area contributed by atoms with Crippen LogP contribution in [-0.4, -0.2) is 5.11 Å². The lowest BCUT2D eigenvalue weighted by molar-refractivity contribution is 0.416. The second-order valence-corrected chi connectivity index (χ2v) is 5.88. The van der Waals surface area contributed by atoms with Crippen LogP contribution in [0.1, 0.15) is 53.0 Å². The van der Waals surface area contributed by atoms with E-state index in [0.29, 0.717) is 11.7 Å². The average Bonchev–Trinajstić information content (AvgIpc) is 2.47. The van der Waals surface area contributed by atoms with Gasteiger partial charge in [-0.05, 0) is 49.3 Å². The highest BCUT2D eigenvalue weighted by molar-refractivity contribution is 5.28. The van der Waals surface area contributed by atoms with Crippen molar-refractivity contribution >= 4 is 0 Å². The molecule has 1 rings (SSSR count). The van der Waals surface area contributed by atoms with Crippen molar-refractivity contribution in [3.63, 3.8) is 0 Å². The van der Waals surface area contributed by atoms with Gasteiger partial charge in [-0.1, -0.05) is 69.8 Å². The van der Waals surface area contributed by atoms with E-state index in [0.717, 1.165) is 17.1 Å². The number of benzene rings is 1. The van der Waals surface area contributed by atoms with Gasteiger partial charge in [0.25, 0.3) is 0 Å². The minimum atomic E-state index is 0.361. The van der Waals surface area contributed by atoms with Gasteiger partial charge in [-0.15, -0.1) is 0 Å². The van der Waals surface area contributed by atoms with Gasteiger partial charge in [0.05, 0.1) is 0 Å². The molecule has 0 aliphatic carbocycles. The summed E-state index contributed by atoms with van der Waals surface area (Å²) in [5.41, 5.74) is 3.23. The third kappa shape index (κ3) is 7.55. The van der Waals surface area contributed by atoms with E-state index in [1.807, 2.05) is 20.8 Å². The SMILES string of the molecule is C=C/C=C(/C)C(O)=C(C)C.CC(C)C(C)c1ccccc1. The Hall–Kier alpha value is -1.76. The standard InChI is InChI=1S/C11H16.C9H14O/c1-9(2)10(3)11-7-5-4-6-8-11;1-5-6-8(4)9(10)7(2)3/h4-10H,1-3H3;5-6,10H,1H2,2-4H3/b;8-6-. The third-order valence-electron chi connectivity index (χ3n) is 3.54. The van der Waals surface area contributed by atoms with E-state index in [4.69, 9.17) is 0 Å². The van der Waals surface area contributed by atoms with Crippen LogP contribution in [0, 0.1) is 5.92 Å². The second kappa shape index (κ2) is 10.0. The summed E-state index contributed by atoms with van der Waals surface area (Å²) in [6.45, 7) is 15.9. The molecule has 0 aromatic heterocycles. The van der Waals surface area contributed by atoms with Crippen molar-refractivity contribution in [1.29, 1.82) is 0 Å². The average molecular weight is 286 g/mol. The van der Waals surface area contributed by atoms with Crippen molar-refractivity contribution in [2.45, 2.75) is 47.5 Å². The molecule has 1 unspecified atom stereocenters. The molecule has 1 N–H and O–H groups in total. The number of aliphatic hydroxyl groups is 1. The quantitative estimate of drug-likeness (QED) is 0.500. The van der Waals surface area contributed by atoms with Crippen molar-refractivity contribution < 1.29 is 5.11 Å². The van der Waals surface area contributed by atoms with Crippen molar-refractivity contribution in [2.24, 2.45) is 5.92 Å². The fraction of sp³-hybridized carbons (Fsp3) is 0.400. The first-order valence-corrected chi connectivity index (χ1v) is 7.52. The Morgan fingerprint density at radius 3 is 1.95 bits per heavy atom. The molecule has 0 radical (unpaired) electrons. The van der Waals surface area contributed by atoms with E-state index < -0.39 is 0 Å². The van der Waals surface area contributed by atoms with Gasteiger partial charge >= 0.3 is 0 Å². The van der Waals surface area contributed by atoms with Crippen LogP contribution in [0.15, 0.2) is 66.0 Å². The van der Waals surface area contributed by atoms with Crippen LogP contribution in [0.5, 0.6) is 0 Å². The fourth-order valence-corrected chi connectivity index (χ4v) is 1.79. The molecular formula is C20H30O. The predicted octanol–water partition coefficient (Wildman–Crippen LogP) is 6.42. The Morgan fingerprint density at radius 1 is 1.05 bits per heavy atom. The highest BCUT2D eigenvalue weighted by Crippen LogP contribution is 2.22. The first-order valence-electron chi connectivity index (χ1n) is 7.52. The van der Waals surface area contributed by atoms with Gasteiger partial charge in [0, 0.05) is 0 Å². The van der Waals surface area contributed by atoms with Gasteiger partial charge in [0.2, 0.25) is 0 Å². The van der Waals surface area contributed by atoms with E-state index in [1.165, 1.54) is 5.56 Å². The number of hydrogen-bond donors (Lipinski definition) is 1. The molecule has 1 atom stereocenters. The second-order valence-electron chi connectivity index (χ2n) is 5.88. The smallest absolute Gasteiger partial charge is 0.117 e. The van der Waals surface area contributed by atoms with Gasteiger partial charge in [-0.3, -0.25) is 0 Å². The molecule has 0 saturated heterocycles. The van der Waals surface area contributed by atoms with Crippen LogP contribution in [-0.2, 0) is 0 Å². The normalized spacial score (nSPS) is 12.2. The lowest BCUT2D eigenvalue weighted by Crippen LogP contribution is -2.00. The minimum Gasteiger partial charge on any atom is -0.508 e. The zero-order valence-electron chi connectivity index (χ0n) is 14.4. The molecule has 21 heavy (non-hydrogen) atoms. The molecule has 0 fully saturated rings. The fourth-order valence-electron chi connectivity index (χ4n) is 1.79. The van der Waals surface area contributed by atoms with E-state index in [-0.39, 0.29) is 0 Å². The molecule has 1 nitrogen and oxygen atoms in total. The largest absolute Gasteiger partial charge is 0.508 e. The molecule has 0 amide bonds. The summed E-state index contributed by atoms with van der Waals surface area (Å²) >= 11 is 0. The van der Waals surface area contributed by atoms with E-state index >= 15 is 0 Å². The Bertz CT molecular complexity index is 474. The van der Waals surface area contributed by atoms with Gasteiger partial charge in [0.1, 0.15) is 5.76 Å². The molecule has 116 valence electrons. The summed E-state index contributed by atoms with van der Waals surface area (Å²) in [6.07, 6.45) is 3.44. The molecule has 0 saturated carbocycles. The topological polar surface area (TPSA) is 20.2 Å². The molecule has 0 heterocycles. The molecule has 1 aromatic rings. The summed E-state index contributed by atoms with van der Waals surface area (Å²) in [7, 11) is 0. The summed E-state index contributed by atoms with van der Waals surface area (Å²) < 4.78 is 0. The molecule has 0 aliphatic rings. The van der Waals surface area contributed by atoms with Crippen molar-refractivity contribution in [1.82, 2.24) is 0 Å².